The lowest BCUT2D eigenvalue weighted by molar-refractivity contribution is -0.129. The van der Waals surface area contributed by atoms with Crippen molar-refractivity contribution >= 4 is 12.1 Å². The van der Waals surface area contributed by atoms with Crippen molar-refractivity contribution in [3.05, 3.63) is 53.9 Å². The number of hydrogen-bond acceptors (Lipinski definition) is 6. The van der Waals surface area contributed by atoms with E-state index in [9.17, 15) is 4.79 Å². The Kier molecular flexibility index (Phi) is 5.17. The SMILES string of the molecule is C=C(CCCn1cc(C#N)cn1)C(=O)N1N=CCC1c1cnc(C)cn1. The van der Waals surface area contributed by atoms with Gasteiger partial charge in [-0.25, -0.2) is 5.01 Å². The summed E-state index contributed by atoms with van der Waals surface area (Å²) in [5, 5.41) is 18.5. The van der Waals surface area contributed by atoms with E-state index in [-0.39, 0.29) is 11.9 Å². The van der Waals surface area contributed by atoms with Crippen molar-refractivity contribution in [2.24, 2.45) is 5.10 Å². The van der Waals surface area contributed by atoms with Crippen molar-refractivity contribution in [1.82, 2.24) is 24.8 Å². The van der Waals surface area contributed by atoms with Gasteiger partial charge < -0.3 is 0 Å². The molecule has 3 rings (SSSR count). The zero-order chi connectivity index (χ0) is 18.5. The molecule has 2 aromatic heterocycles. The molecule has 0 aliphatic carbocycles. The van der Waals surface area contributed by atoms with E-state index in [2.05, 4.69) is 26.7 Å². The summed E-state index contributed by atoms with van der Waals surface area (Å²) < 4.78 is 1.69. The fourth-order valence-electron chi connectivity index (χ4n) is 2.70. The Hall–Kier alpha value is -3.34. The van der Waals surface area contributed by atoms with Gasteiger partial charge in [-0.2, -0.15) is 15.5 Å². The van der Waals surface area contributed by atoms with E-state index in [1.807, 2.05) is 13.0 Å². The maximum Gasteiger partial charge on any atom is 0.269 e. The average molecular weight is 349 g/mol. The van der Waals surface area contributed by atoms with E-state index in [1.54, 1.807) is 29.5 Å². The van der Waals surface area contributed by atoms with Crippen LogP contribution in [0.4, 0.5) is 0 Å². The molecule has 1 aliphatic rings. The van der Waals surface area contributed by atoms with Gasteiger partial charge in [0.1, 0.15) is 12.1 Å². The van der Waals surface area contributed by atoms with Crippen LogP contribution in [0.15, 0.2) is 42.0 Å². The van der Waals surface area contributed by atoms with Crippen molar-refractivity contribution in [3.63, 3.8) is 0 Å². The normalized spacial score (nSPS) is 15.8. The zero-order valence-electron chi connectivity index (χ0n) is 14.5. The van der Waals surface area contributed by atoms with Gasteiger partial charge in [0.15, 0.2) is 0 Å². The Morgan fingerprint density at radius 1 is 1.38 bits per heavy atom. The number of hydrazone groups is 1. The fraction of sp³-hybridized carbons (Fsp3) is 0.333. The zero-order valence-corrected chi connectivity index (χ0v) is 14.5. The van der Waals surface area contributed by atoms with Crippen LogP contribution in [0.2, 0.25) is 0 Å². The Bertz CT molecular complexity index is 876. The first-order chi connectivity index (χ1) is 12.6. The number of nitrogens with zero attached hydrogens (tertiary/aromatic N) is 7. The highest BCUT2D eigenvalue weighted by atomic mass is 16.2. The second-order valence-corrected chi connectivity index (χ2v) is 6.09. The summed E-state index contributed by atoms with van der Waals surface area (Å²) in [5.41, 5.74) is 2.55. The minimum atomic E-state index is -0.239. The highest BCUT2D eigenvalue weighted by Gasteiger charge is 2.30. The number of carbonyl (C=O) groups excluding carboxylic acids is 1. The van der Waals surface area contributed by atoms with Crippen LogP contribution in [0.5, 0.6) is 0 Å². The third kappa shape index (κ3) is 3.83. The molecule has 0 radical (unpaired) electrons. The summed E-state index contributed by atoms with van der Waals surface area (Å²) in [5.74, 6) is -0.204. The lowest BCUT2D eigenvalue weighted by atomic mass is 10.1. The van der Waals surface area contributed by atoms with Crippen molar-refractivity contribution in [1.29, 1.82) is 5.26 Å². The second-order valence-electron chi connectivity index (χ2n) is 6.09. The molecule has 0 aromatic carbocycles. The fourth-order valence-corrected chi connectivity index (χ4v) is 2.70. The van der Waals surface area contributed by atoms with E-state index in [1.165, 1.54) is 11.2 Å². The van der Waals surface area contributed by atoms with E-state index >= 15 is 0 Å². The van der Waals surface area contributed by atoms with E-state index in [0.29, 0.717) is 36.9 Å². The quantitative estimate of drug-likeness (QED) is 0.744. The molecule has 8 heteroatoms. The number of carbonyl (C=O) groups is 1. The summed E-state index contributed by atoms with van der Waals surface area (Å²) in [6, 6.07) is 1.80. The second kappa shape index (κ2) is 7.70. The molecular weight excluding hydrogens is 330 g/mol. The molecule has 1 unspecified atom stereocenters. The lowest BCUT2D eigenvalue weighted by Crippen LogP contribution is -2.29. The summed E-state index contributed by atoms with van der Waals surface area (Å²) >= 11 is 0. The predicted molar refractivity (Wildman–Crippen MR) is 94.8 cm³/mol. The third-order valence-electron chi connectivity index (χ3n) is 4.11. The first kappa shape index (κ1) is 17.5. The molecule has 1 aliphatic heterocycles. The predicted octanol–water partition coefficient (Wildman–Crippen LogP) is 2.15. The summed E-state index contributed by atoms with van der Waals surface area (Å²) in [7, 11) is 0. The monoisotopic (exact) mass is 349 g/mol. The van der Waals surface area contributed by atoms with Gasteiger partial charge in [-0.15, -0.1) is 0 Å². The van der Waals surface area contributed by atoms with Gasteiger partial charge in [0.2, 0.25) is 0 Å². The highest BCUT2D eigenvalue weighted by Crippen LogP contribution is 2.28. The van der Waals surface area contributed by atoms with Crippen LogP contribution in [-0.2, 0) is 11.3 Å². The molecule has 0 saturated heterocycles. The Morgan fingerprint density at radius 3 is 2.92 bits per heavy atom. The number of rotatable bonds is 6. The molecule has 0 bridgehead atoms. The molecule has 0 saturated carbocycles. The largest absolute Gasteiger partial charge is 0.271 e. The molecule has 0 spiro atoms. The van der Waals surface area contributed by atoms with Crippen LogP contribution in [-0.4, -0.2) is 36.9 Å². The van der Waals surface area contributed by atoms with Crippen LogP contribution in [0.25, 0.3) is 0 Å². The first-order valence-corrected chi connectivity index (χ1v) is 8.33. The Morgan fingerprint density at radius 2 is 2.23 bits per heavy atom. The van der Waals surface area contributed by atoms with Gasteiger partial charge in [0.25, 0.3) is 5.91 Å². The molecule has 1 amide bonds. The van der Waals surface area contributed by atoms with Gasteiger partial charge in [-0.1, -0.05) is 6.58 Å². The molecule has 3 heterocycles. The minimum absolute atomic E-state index is 0.204. The van der Waals surface area contributed by atoms with Crippen LogP contribution in [0.3, 0.4) is 0 Å². The van der Waals surface area contributed by atoms with Gasteiger partial charge in [0.05, 0.1) is 29.3 Å². The summed E-state index contributed by atoms with van der Waals surface area (Å²) in [6.07, 6.45) is 10.1. The van der Waals surface area contributed by atoms with Crippen molar-refractivity contribution < 1.29 is 4.79 Å². The van der Waals surface area contributed by atoms with E-state index < -0.39 is 0 Å². The lowest BCUT2D eigenvalue weighted by Gasteiger charge is -2.22. The highest BCUT2D eigenvalue weighted by molar-refractivity contribution is 5.94. The first-order valence-electron chi connectivity index (χ1n) is 8.33. The number of amides is 1. The van der Waals surface area contributed by atoms with Crippen LogP contribution < -0.4 is 0 Å². The standard InChI is InChI=1S/C18H19N7O/c1-13(4-3-7-24-12-15(8-19)10-23-24)18(26)25-17(5-6-22-25)16-11-20-14(2)9-21-16/h6,9-12,17H,1,3-5,7H2,2H3. The van der Waals surface area contributed by atoms with Gasteiger partial charge >= 0.3 is 0 Å². The minimum Gasteiger partial charge on any atom is -0.271 e. The van der Waals surface area contributed by atoms with Crippen molar-refractivity contribution in [2.45, 2.75) is 38.8 Å². The Labute approximate surface area is 151 Å². The number of hydrogen-bond donors (Lipinski definition) is 0. The van der Waals surface area contributed by atoms with E-state index in [4.69, 9.17) is 5.26 Å². The number of nitriles is 1. The van der Waals surface area contributed by atoms with Gasteiger partial charge in [-0.05, 0) is 19.8 Å². The average Bonchev–Trinajstić information content (AvgIpc) is 3.31. The molecule has 2 aromatic rings. The summed E-state index contributed by atoms with van der Waals surface area (Å²) in [4.78, 5) is 21.3. The van der Waals surface area contributed by atoms with Gasteiger partial charge in [0, 0.05) is 37.1 Å². The smallest absolute Gasteiger partial charge is 0.269 e. The van der Waals surface area contributed by atoms with Crippen LogP contribution in [0, 0.1) is 18.3 Å². The maximum absolute atomic E-state index is 12.7. The van der Waals surface area contributed by atoms with Crippen LogP contribution in [0.1, 0.15) is 42.3 Å². The topological polar surface area (TPSA) is 100 Å². The van der Waals surface area contributed by atoms with Gasteiger partial charge in [-0.3, -0.25) is 19.4 Å². The molecule has 8 nitrogen and oxygen atoms in total. The van der Waals surface area contributed by atoms with Crippen molar-refractivity contribution in [3.8, 4) is 6.07 Å². The van der Waals surface area contributed by atoms with E-state index in [0.717, 1.165) is 11.4 Å². The molecular formula is C18H19N7O. The van der Waals surface area contributed by atoms with Crippen molar-refractivity contribution in [2.75, 3.05) is 0 Å². The molecule has 1 atom stereocenters. The van der Waals surface area contributed by atoms with Crippen LogP contribution >= 0.6 is 0 Å². The molecule has 0 N–H and O–H groups in total. The summed E-state index contributed by atoms with van der Waals surface area (Å²) in [6.45, 7) is 6.39. The third-order valence-corrected chi connectivity index (χ3v) is 4.11. The number of aryl methyl sites for hydroxylation is 2. The Balaban J connectivity index is 1.56. The molecule has 0 fully saturated rings. The number of aromatic nitrogens is 4. The molecule has 26 heavy (non-hydrogen) atoms. The maximum atomic E-state index is 12.7. The molecule has 132 valence electrons.